The number of rotatable bonds is 5. The van der Waals surface area contributed by atoms with Crippen LogP contribution in [0, 0.1) is 10.1 Å². The van der Waals surface area contributed by atoms with Gasteiger partial charge in [0.2, 0.25) is 5.82 Å². The predicted octanol–water partition coefficient (Wildman–Crippen LogP) is 1.64. The lowest BCUT2D eigenvalue weighted by Crippen LogP contribution is -2.08. The summed E-state index contributed by atoms with van der Waals surface area (Å²) in [6.45, 7) is 0.977. The molecule has 1 heterocycles. The number of pyridine rings is 1. The van der Waals surface area contributed by atoms with Crippen LogP contribution in [0.1, 0.15) is 11.1 Å². The average Bonchev–Trinajstić information content (AvgIpc) is 2.45. The summed E-state index contributed by atoms with van der Waals surface area (Å²) in [7, 11) is 0. The molecule has 0 fully saturated rings. The number of anilines is 2. The van der Waals surface area contributed by atoms with Crippen LogP contribution in [-0.4, -0.2) is 9.91 Å². The SMILES string of the molecule is NCc1ccccc1CNc1ccc([N+](=O)[O-])c(N)n1. The van der Waals surface area contributed by atoms with Gasteiger partial charge < -0.3 is 16.8 Å². The van der Waals surface area contributed by atoms with Gasteiger partial charge in [0.15, 0.2) is 0 Å². The molecule has 1 aromatic carbocycles. The van der Waals surface area contributed by atoms with Gasteiger partial charge in [-0.1, -0.05) is 24.3 Å². The van der Waals surface area contributed by atoms with E-state index in [4.69, 9.17) is 11.5 Å². The molecule has 0 amide bonds. The van der Waals surface area contributed by atoms with Crippen molar-refractivity contribution in [3.05, 3.63) is 57.6 Å². The van der Waals surface area contributed by atoms with E-state index < -0.39 is 4.92 Å². The topological polar surface area (TPSA) is 120 Å². The van der Waals surface area contributed by atoms with Gasteiger partial charge in [0.05, 0.1) is 4.92 Å². The maximum atomic E-state index is 10.6. The zero-order chi connectivity index (χ0) is 14.5. The van der Waals surface area contributed by atoms with Crippen molar-refractivity contribution in [1.82, 2.24) is 4.98 Å². The van der Waals surface area contributed by atoms with Crippen LogP contribution in [0.5, 0.6) is 0 Å². The van der Waals surface area contributed by atoms with E-state index in [2.05, 4.69) is 10.3 Å². The highest BCUT2D eigenvalue weighted by Crippen LogP contribution is 2.21. The first kappa shape index (κ1) is 13.8. The smallest absolute Gasteiger partial charge is 0.311 e. The van der Waals surface area contributed by atoms with Crippen LogP contribution >= 0.6 is 0 Å². The average molecular weight is 273 g/mol. The maximum Gasteiger partial charge on any atom is 0.311 e. The Hall–Kier alpha value is -2.67. The molecule has 5 N–H and O–H groups in total. The molecule has 0 spiro atoms. The van der Waals surface area contributed by atoms with Crippen LogP contribution in [0.3, 0.4) is 0 Å². The number of nitrogens with two attached hydrogens (primary N) is 2. The van der Waals surface area contributed by atoms with Gasteiger partial charge >= 0.3 is 5.69 Å². The molecule has 0 atom stereocenters. The monoisotopic (exact) mass is 273 g/mol. The summed E-state index contributed by atoms with van der Waals surface area (Å²) in [6.07, 6.45) is 0. The van der Waals surface area contributed by atoms with E-state index >= 15 is 0 Å². The van der Waals surface area contributed by atoms with Gasteiger partial charge in [-0.05, 0) is 17.2 Å². The Kier molecular flexibility index (Phi) is 4.11. The Morgan fingerprint density at radius 1 is 1.20 bits per heavy atom. The summed E-state index contributed by atoms with van der Waals surface area (Å²) in [4.78, 5) is 14.0. The number of benzene rings is 1. The van der Waals surface area contributed by atoms with E-state index in [0.29, 0.717) is 18.9 Å². The highest BCUT2D eigenvalue weighted by molar-refractivity contribution is 5.57. The molecule has 7 heteroatoms. The molecular formula is C13H15N5O2. The fourth-order valence-electron chi connectivity index (χ4n) is 1.84. The molecular weight excluding hydrogens is 258 g/mol. The minimum absolute atomic E-state index is 0.105. The standard InChI is InChI=1S/C13H15N5O2/c14-7-9-3-1-2-4-10(9)8-16-12-6-5-11(18(19)20)13(15)17-12/h1-6H,7-8,14H2,(H3,15,16,17). The molecule has 104 valence electrons. The molecule has 0 aliphatic heterocycles. The number of nitro groups is 1. The maximum absolute atomic E-state index is 10.6. The lowest BCUT2D eigenvalue weighted by Gasteiger charge is -2.10. The quantitative estimate of drug-likeness (QED) is 0.562. The van der Waals surface area contributed by atoms with E-state index in [9.17, 15) is 10.1 Å². The van der Waals surface area contributed by atoms with Gasteiger partial charge in [0.25, 0.3) is 0 Å². The van der Waals surface area contributed by atoms with Crippen molar-refractivity contribution in [3.63, 3.8) is 0 Å². The third-order valence-corrected chi connectivity index (χ3v) is 2.90. The van der Waals surface area contributed by atoms with Gasteiger partial charge in [0.1, 0.15) is 5.82 Å². The summed E-state index contributed by atoms with van der Waals surface area (Å²) < 4.78 is 0. The molecule has 0 saturated carbocycles. The van der Waals surface area contributed by atoms with Crippen molar-refractivity contribution >= 4 is 17.3 Å². The summed E-state index contributed by atoms with van der Waals surface area (Å²) in [5, 5.41) is 13.7. The van der Waals surface area contributed by atoms with Crippen molar-refractivity contribution in [2.24, 2.45) is 5.73 Å². The van der Waals surface area contributed by atoms with Crippen molar-refractivity contribution in [2.75, 3.05) is 11.1 Å². The Labute approximate surface area is 115 Å². The third kappa shape index (κ3) is 3.01. The van der Waals surface area contributed by atoms with Crippen LogP contribution in [0.25, 0.3) is 0 Å². The second-order valence-corrected chi connectivity index (χ2v) is 4.18. The van der Waals surface area contributed by atoms with E-state index in [1.54, 1.807) is 0 Å². The fourth-order valence-corrected chi connectivity index (χ4v) is 1.84. The normalized spacial score (nSPS) is 10.2. The van der Waals surface area contributed by atoms with Gasteiger partial charge in [-0.3, -0.25) is 10.1 Å². The van der Waals surface area contributed by atoms with E-state index in [0.717, 1.165) is 11.1 Å². The number of nitrogens with one attached hydrogen (secondary N) is 1. The first-order valence-electron chi connectivity index (χ1n) is 6.03. The molecule has 0 aliphatic carbocycles. The molecule has 0 radical (unpaired) electrons. The predicted molar refractivity (Wildman–Crippen MR) is 77.0 cm³/mol. The Bertz CT molecular complexity index is 630. The van der Waals surface area contributed by atoms with E-state index in [1.165, 1.54) is 12.1 Å². The first-order valence-corrected chi connectivity index (χ1v) is 6.03. The largest absolute Gasteiger partial charge is 0.378 e. The molecule has 1 aromatic heterocycles. The van der Waals surface area contributed by atoms with Gasteiger partial charge in [0, 0.05) is 19.2 Å². The molecule has 2 rings (SSSR count). The van der Waals surface area contributed by atoms with Crippen molar-refractivity contribution < 1.29 is 4.92 Å². The van der Waals surface area contributed by atoms with Crippen molar-refractivity contribution in [1.29, 1.82) is 0 Å². The Morgan fingerprint density at radius 2 is 1.90 bits per heavy atom. The van der Waals surface area contributed by atoms with Gasteiger partial charge in [-0.2, -0.15) is 0 Å². The lowest BCUT2D eigenvalue weighted by atomic mass is 10.1. The molecule has 0 saturated heterocycles. The zero-order valence-corrected chi connectivity index (χ0v) is 10.7. The van der Waals surface area contributed by atoms with Crippen LogP contribution in [0.15, 0.2) is 36.4 Å². The molecule has 20 heavy (non-hydrogen) atoms. The first-order chi connectivity index (χ1) is 9.61. The van der Waals surface area contributed by atoms with Crippen molar-refractivity contribution in [3.8, 4) is 0 Å². The number of nitrogens with zero attached hydrogens (tertiary/aromatic N) is 2. The highest BCUT2D eigenvalue weighted by Gasteiger charge is 2.12. The zero-order valence-electron chi connectivity index (χ0n) is 10.7. The van der Waals surface area contributed by atoms with Crippen LogP contribution < -0.4 is 16.8 Å². The minimum Gasteiger partial charge on any atom is -0.378 e. The number of nitrogen functional groups attached to an aromatic ring is 1. The minimum atomic E-state index is -0.560. The number of hydrogen-bond donors (Lipinski definition) is 3. The van der Waals surface area contributed by atoms with Crippen LogP contribution in [0.2, 0.25) is 0 Å². The molecule has 0 unspecified atom stereocenters. The summed E-state index contributed by atoms with van der Waals surface area (Å²) >= 11 is 0. The fraction of sp³-hybridized carbons (Fsp3) is 0.154. The summed E-state index contributed by atoms with van der Waals surface area (Å²) in [6, 6.07) is 10.6. The second kappa shape index (κ2) is 5.98. The highest BCUT2D eigenvalue weighted by atomic mass is 16.6. The van der Waals surface area contributed by atoms with Crippen molar-refractivity contribution in [2.45, 2.75) is 13.1 Å². The lowest BCUT2D eigenvalue weighted by molar-refractivity contribution is -0.384. The number of hydrogen-bond acceptors (Lipinski definition) is 6. The Balaban J connectivity index is 2.11. The summed E-state index contributed by atoms with van der Waals surface area (Å²) in [5.74, 6) is 0.382. The third-order valence-electron chi connectivity index (χ3n) is 2.90. The van der Waals surface area contributed by atoms with Gasteiger partial charge in [-0.25, -0.2) is 4.98 Å². The van der Waals surface area contributed by atoms with Gasteiger partial charge in [-0.15, -0.1) is 0 Å². The number of aromatic nitrogens is 1. The van der Waals surface area contributed by atoms with Crippen LogP contribution in [-0.2, 0) is 13.1 Å². The summed E-state index contributed by atoms with van der Waals surface area (Å²) in [5.41, 5.74) is 13.1. The molecule has 2 aromatic rings. The molecule has 0 bridgehead atoms. The van der Waals surface area contributed by atoms with E-state index in [-0.39, 0.29) is 11.5 Å². The Morgan fingerprint density at radius 3 is 2.50 bits per heavy atom. The molecule has 0 aliphatic rings. The van der Waals surface area contributed by atoms with E-state index in [1.807, 2.05) is 24.3 Å². The molecule has 7 nitrogen and oxygen atoms in total. The van der Waals surface area contributed by atoms with Crippen LogP contribution in [0.4, 0.5) is 17.3 Å². The second-order valence-electron chi connectivity index (χ2n) is 4.18.